The molecular weight excluding hydrogens is 522 g/mol. The number of quaternary nitrogens is 1. The molecule has 230 valence electrons. The third-order valence-corrected chi connectivity index (χ3v) is 11.1. The normalized spacial score (nSPS) is 24.2. The fraction of sp³-hybridized carbons (Fsp3) is 1.00. The molecule has 1 heterocycles. The molecule has 0 N–H and O–H groups in total. The first kappa shape index (κ1) is 39.0. The Labute approximate surface area is 256 Å². The molecule has 0 unspecified atom stereocenters. The summed E-state index contributed by atoms with van der Waals surface area (Å²) in [5.41, 5.74) is 0. The van der Waals surface area contributed by atoms with Gasteiger partial charge < -0.3 is 16.9 Å². The summed E-state index contributed by atoms with van der Waals surface area (Å²) in [5.74, 6) is 2.75. The smallest absolute Gasteiger partial charge is 0.0782 e. The summed E-state index contributed by atoms with van der Waals surface area (Å²) in [6.45, 7) is 2.77. The summed E-state index contributed by atoms with van der Waals surface area (Å²) < 4.78 is 1.25. The molecule has 0 amide bonds. The third-order valence-electron chi connectivity index (χ3n) is 8.57. The van der Waals surface area contributed by atoms with Crippen molar-refractivity contribution in [3.63, 3.8) is 0 Å². The van der Waals surface area contributed by atoms with E-state index in [1.165, 1.54) is 209 Å². The zero-order valence-electron chi connectivity index (χ0n) is 26.3. The van der Waals surface area contributed by atoms with Crippen LogP contribution in [0.15, 0.2) is 0 Å². The Bertz CT molecular complexity index is 408. The van der Waals surface area contributed by atoms with Gasteiger partial charge in [-0.05, 0) is 38.5 Å². The molecule has 1 aliphatic rings. The van der Waals surface area contributed by atoms with Gasteiger partial charge in [0.15, 0.2) is 0 Å². The molecule has 0 aromatic rings. The van der Waals surface area contributed by atoms with Crippen LogP contribution in [0.25, 0.3) is 0 Å². The van der Waals surface area contributed by atoms with Gasteiger partial charge in [0.05, 0.1) is 27.2 Å². The van der Waals surface area contributed by atoms with Crippen LogP contribution in [-0.4, -0.2) is 43.2 Å². The van der Waals surface area contributed by atoms with E-state index in [2.05, 4.69) is 35.7 Å². The monoisotopic (exact) mass is 591 g/mol. The number of hydrogen-bond acceptors (Lipinski definition) is 2. The largest absolute Gasteiger partial charge is 1.00 e. The second-order valence-electron chi connectivity index (χ2n) is 12.9. The average molecular weight is 593 g/mol. The molecule has 4 heteroatoms. The van der Waals surface area contributed by atoms with Crippen molar-refractivity contribution in [3.05, 3.63) is 0 Å². The summed E-state index contributed by atoms with van der Waals surface area (Å²) in [4.78, 5) is 0. The van der Waals surface area contributed by atoms with E-state index in [0.29, 0.717) is 0 Å². The van der Waals surface area contributed by atoms with Gasteiger partial charge in [-0.3, -0.25) is 0 Å². The molecule has 0 radical (unpaired) electrons. The van der Waals surface area contributed by atoms with Crippen molar-refractivity contribution in [1.29, 1.82) is 0 Å². The minimum Gasteiger partial charge on any atom is -1.00 e. The Balaban J connectivity index is 0.0000137. The molecule has 1 aliphatic heterocycles. The van der Waals surface area contributed by atoms with Gasteiger partial charge in [0.1, 0.15) is 0 Å². The minimum absolute atomic E-state index is 0. The standard InChI is InChI=1S/C34H70NS2.ClH/c1-35(2)31-27-23-19-15-11-7-3-5-9-13-17-21-25-29-33-36-37-34-30-26-22-18-14-10-6-4-8-12-16-20-24-28-32-35;/h3-34H2,1-2H3;1H/q+1;/p-1. The molecule has 0 atom stereocenters. The van der Waals surface area contributed by atoms with E-state index in [0.717, 1.165) is 0 Å². The van der Waals surface area contributed by atoms with Crippen LogP contribution in [0, 0.1) is 0 Å². The van der Waals surface area contributed by atoms with Crippen LogP contribution in [0.2, 0.25) is 0 Å². The first-order chi connectivity index (χ1) is 18.2. The number of halogens is 1. The Hall–Kier alpha value is 0.950. The summed E-state index contributed by atoms with van der Waals surface area (Å²) in [6, 6.07) is 0. The van der Waals surface area contributed by atoms with Gasteiger partial charge >= 0.3 is 0 Å². The molecule has 38 heavy (non-hydrogen) atoms. The van der Waals surface area contributed by atoms with Gasteiger partial charge in [0.2, 0.25) is 0 Å². The second-order valence-corrected chi connectivity index (χ2v) is 15.6. The Morgan fingerprint density at radius 2 is 0.474 bits per heavy atom. The van der Waals surface area contributed by atoms with Gasteiger partial charge in [0, 0.05) is 11.5 Å². The molecule has 0 saturated carbocycles. The molecule has 1 fully saturated rings. The van der Waals surface area contributed by atoms with Crippen LogP contribution in [0.4, 0.5) is 0 Å². The van der Waals surface area contributed by atoms with E-state index in [1.54, 1.807) is 0 Å². The molecule has 0 aromatic heterocycles. The van der Waals surface area contributed by atoms with Crippen molar-refractivity contribution >= 4 is 21.6 Å². The van der Waals surface area contributed by atoms with Gasteiger partial charge in [-0.1, -0.05) is 163 Å². The fourth-order valence-corrected chi connectivity index (χ4v) is 8.17. The summed E-state index contributed by atoms with van der Waals surface area (Å²) >= 11 is 0. The first-order valence-electron chi connectivity index (χ1n) is 17.3. The van der Waals surface area contributed by atoms with E-state index in [-0.39, 0.29) is 12.4 Å². The Morgan fingerprint density at radius 3 is 0.711 bits per heavy atom. The topological polar surface area (TPSA) is 0 Å². The van der Waals surface area contributed by atoms with Crippen molar-refractivity contribution in [2.24, 2.45) is 0 Å². The predicted octanol–water partition coefficient (Wildman–Crippen LogP) is 9.38. The van der Waals surface area contributed by atoms with Crippen molar-refractivity contribution < 1.29 is 16.9 Å². The van der Waals surface area contributed by atoms with Crippen LogP contribution in [0.3, 0.4) is 0 Å². The van der Waals surface area contributed by atoms with E-state index >= 15 is 0 Å². The zero-order chi connectivity index (χ0) is 26.5. The lowest BCUT2D eigenvalue weighted by atomic mass is 10.0. The molecule has 0 bridgehead atoms. The highest BCUT2D eigenvalue weighted by Gasteiger charge is 2.13. The number of nitrogens with zero attached hydrogens (tertiary/aromatic N) is 1. The van der Waals surface area contributed by atoms with Gasteiger partial charge in [-0.2, -0.15) is 0 Å². The van der Waals surface area contributed by atoms with Crippen LogP contribution in [0.5, 0.6) is 0 Å². The second kappa shape index (κ2) is 30.9. The van der Waals surface area contributed by atoms with E-state index in [1.807, 2.05) is 0 Å². The van der Waals surface area contributed by atoms with E-state index in [4.69, 9.17) is 0 Å². The first-order valence-corrected chi connectivity index (χ1v) is 19.8. The minimum atomic E-state index is 0. The van der Waals surface area contributed by atoms with Gasteiger partial charge in [0.25, 0.3) is 0 Å². The lowest BCUT2D eigenvalue weighted by Gasteiger charge is -2.30. The van der Waals surface area contributed by atoms with Gasteiger partial charge in [-0.25, -0.2) is 0 Å². The summed E-state index contributed by atoms with van der Waals surface area (Å²) in [6.07, 6.45) is 41.2. The summed E-state index contributed by atoms with van der Waals surface area (Å²) in [5, 5.41) is 0. The average Bonchev–Trinajstić information content (AvgIpc) is 2.88. The maximum absolute atomic E-state index is 2.47. The SMILES string of the molecule is C[N+]1(C)CCCCCCCCCCCCCCCCSSCCCCCCCCCCCCCCCC1.[Cl-]. The molecular formula is C34H70ClNS2. The van der Waals surface area contributed by atoms with Gasteiger partial charge in [-0.15, -0.1) is 0 Å². The zero-order valence-corrected chi connectivity index (χ0v) is 28.7. The number of hydrogen-bond donors (Lipinski definition) is 0. The van der Waals surface area contributed by atoms with Crippen molar-refractivity contribution in [2.45, 2.75) is 180 Å². The molecule has 0 aliphatic carbocycles. The van der Waals surface area contributed by atoms with Crippen LogP contribution >= 0.6 is 21.6 Å². The van der Waals surface area contributed by atoms with E-state index < -0.39 is 0 Å². The van der Waals surface area contributed by atoms with Crippen LogP contribution in [-0.2, 0) is 0 Å². The Kier molecular flexibility index (Phi) is 31.7. The quantitative estimate of drug-likeness (QED) is 0.203. The molecule has 1 nitrogen and oxygen atoms in total. The maximum Gasteiger partial charge on any atom is 0.0782 e. The highest BCUT2D eigenvalue weighted by molar-refractivity contribution is 8.76. The molecule has 0 spiro atoms. The highest BCUT2D eigenvalue weighted by Crippen LogP contribution is 2.25. The third kappa shape index (κ3) is 29.9. The summed E-state index contributed by atoms with van der Waals surface area (Å²) in [7, 11) is 9.22. The van der Waals surface area contributed by atoms with Crippen LogP contribution < -0.4 is 12.4 Å². The van der Waals surface area contributed by atoms with Crippen molar-refractivity contribution in [1.82, 2.24) is 0 Å². The van der Waals surface area contributed by atoms with Crippen LogP contribution in [0.1, 0.15) is 180 Å². The Morgan fingerprint density at radius 1 is 0.289 bits per heavy atom. The molecule has 1 rings (SSSR count). The fourth-order valence-electron chi connectivity index (χ4n) is 5.87. The maximum atomic E-state index is 2.47. The lowest BCUT2D eigenvalue weighted by molar-refractivity contribution is -0.890. The lowest BCUT2D eigenvalue weighted by Crippen LogP contribution is -3.00. The molecule has 1 saturated heterocycles. The van der Waals surface area contributed by atoms with Crippen molar-refractivity contribution in [2.75, 3.05) is 38.7 Å². The van der Waals surface area contributed by atoms with E-state index in [9.17, 15) is 0 Å². The number of rotatable bonds is 0. The predicted molar refractivity (Wildman–Crippen MR) is 176 cm³/mol. The van der Waals surface area contributed by atoms with Crippen molar-refractivity contribution in [3.8, 4) is 0 Å². The molecule has 0 aromatic carbocycles. The highest BCUT2D eigenvalue weighted by atomic mass is 35.5.